The molecule has 0 spiro atoms. The van der Waals surface area contributed by atoms with Gasteiger partial charge in [0.15, 0.2) is 0 Å². The summed E-state index contributed by atoms with van der Waals surface area (Å²) in [5, 5.41) is 13.1. The van der Waals surface area contributed by atoms with Crippen LogP contribution in [-0.4, -0.2) is 23.8 Å². The zero-order chi connectivity index (χ0) is 13.8. The van der Waals surface area contributed by atoms with E-state index in [4.69, 9.17) is 0 Å². The standard InChI is InChI=1S/C16H35NO/c1-5-7-9-11-15(12-10-8-6-2)17-16(13-18)14(3)4/h14-18H,5-13H2,1-4H3/t16-/m1/s1. The van der Waals surface area contributed by atoms with E-state index in [1.54, 1.807) is 0 Å². The molecule has 0 radical (unpaired) electrons. The van der Waals surface area contributed by atoms with Gasteiger partial charge in [0.1, 0.15) is 0 Å². The first-order valence-electron chi connectivity index (χ1n) is 8.02. The number of aliphatic hydroxyl groups is 1. The minimum atomic E-state index is 0.260. The molecular weight excluding hydrogens is 222 g/mol. The molecule has 0 saturated heterocycles. The Labute approximate surface area is 115 Å². The fourth-order valence-corrected chi connectivity index (χ4v) is 2.35. The highest BCUT2D eigenvalue weighted by Crippen LogP contribution is 2.13. The SMILES string of the molecule is CCCCCC(CCCCC)N[C@H](CO)C(C)C. The third-order valence-electron chi connectivity index (χ3n) is 3.76. The topological polar surface area (TPSA) is 32.3 Å². The van der Waals surface area contributed by atoms with Gasteiger partial charge in [0.25, 0.3) is 0 Å². The lowest BCUT2D eigenvalue weighted by molar-refractivity contribution is 0.192. The maximum absolute atomic E-state index is 9.43. The molecule has 0 aromatic rings. The van der Waals surface area contributed by atoms with Crippen LogP contribution in [0, 0.1) is 5.92 Å². The van der Waals surface area contributed by atoms with Crippen LogP contribution >= 0.6 is 0 Å². The first kappa shape index (κ1) is 17.9. The van der Waals surface area contributed by atoms with E-state index in [2.05, 4.69) is 33.0 Å². The van der Waals surface area contributed by atoms with E-state index in [0.29, 0.717) is 12.0 Å². The van der Waals surface area contributed by atoms with Crippen molar-refractivity contribution in [3.05, 3.63) is 0 Å². The Kier molecular flexibility index (Phi) is 11.9. The largest absolute Gasteiger partial charge is 0.395 e. The van der Waals surface area contributed by atoms with Crippen LogP contribution < -0.4 is 5.32 Å². The quantitative estimate of drug-likeness (QED) is 0.515. The number of rotatable bonds is 12. The van der Waals surface area contributed by atoms with Crippen molar-refractivity contribution in [2.24, 2.45) is 5.92 Å². The normalized spacial score (nSPS) is 13.5. The van der Waals surface area contributed by atoms with Crippen molar-refractivity contribution in [2.45, 2.75) is 91.1 Å². The molecule has 0 rings (SSSR count). The van der Waals surface area contributed by atoms with Crippen molar-refractivity contribution in [1.29, 1.82) is 0 Å². The molecule has 0 aliphatic heterocycles. The van der Waals surface area contributed by atoms with Crippen LogP contribution in [0.4, 0.5) is 0 Å². The summed E-state index contributed by atoms with van der Waals surface area (Å²) >= 11 is 0. The van der Waals surface area contributed by atoms with Gasteiger partial charge in [0, 0.05) is 12.1 Å². The molecule has 0 amide bonds. The van der Waals surface area contributed by atoms with Crippen molar-refractivity contribution < 1.29 is 5.11 Å². The van der Waals surface area contributed by atoms with E-state index in [1.165, 1.54) is 51.4 Å². The van der Waals surface area contributed by atoms with Gasteiger partial charge in [-0.2, -0.15) is 0 Å². The Morgan fingerprint density at radius 2 is 1.39 bits per heavy atom. The van der Waals surface area contributed by atoms with Gasteiger partial charge in [0.05, 0.1) is 6.61 Å². The average Bonchev–Trinajstić information content (AvgIpc) is 2.35. The van der Waals surface area contributed by atoms with E-state index in [1.807, 2.05) is 0 Å². The first-order chi connectivity index (χ1) is 8.65. The second kappa shape index (κ2) is 12.0. The lowest BCUT2D eigenvalue weighted by Gasteiger charge is -2.27. The number of hydrogen-bond donors (Lipinski definition) is 2. The van der Waals surface area contributed by atoms with Crippen LogP contribution in [-0.2, 0) is 0 Å². The molecule has 0 unspecified atom stereocenters. The van der Waals surface area contributed by atoms with Crippen LogP contribution in [0.25, 0.3) is 0 Å². The Morgan fingerprint density at radius 1 is 0.889 bits per heavy atom. The Balaban J connectivity index is 4.07. The maximum atomic E-state index is 9.43. The molecule has 0 aliphatic carbocycles. The first-order valence-corrected chi connectivity index (χ1v) is 8.02. The minimum Gasteiger partial charge on any atom is -0.395 e. The smallest absolute Gasteiger partial charge is 0.0587 e. The van der Waals surface area contributed by atoms with E-state index in [0.717, 1.165) is 0 Å². The molecule has 0 aliphatic rings. The highest BCUT2D eigenvalue weighted by molar-refractivity contribution is 4.76. The zero-order valence-corrected chi connectivity index (χ0v) is 13.0. The van der Waals surface area contributed by atoms with E-state index < -0.39 is 0 Å². The van der Waals surface area contributed by atoms with Crippen LogP contribution in [0.2, 0.25) is 0 Å². The predicted molar refractivity (Wildman–Crippen MR) is 80.9 cm³/mol. The van der Waals surface area contributed by atoms with Crippen LogP contribution in [0.3, 0.4) is 0 Å². The van der Waals surface area contributed by atoms with E-state index in [9.17, 15) is 5.11 Å². The van der Waals surface area contributed by atoms with Gasteiger partial charge in [-0.15, -0.1) is 0 Å². The lowest BCUT2D eigenvalue weighted by atomic mass is 9.98. The monoisotopic (exact) mass is 257 g/mol. The molecule has 2 nitrogen and oxygen atoms in total. The third kappa shape index (κ3) is 8.93. The van der Waals surface area contributed by atoms with Crippen LogP contribution in [0.5, 0.6) is 0 Å². The molecule has 0 aromatic heterocycles. The fraction of sp³-hybridized carbons (Fsp3) is 1.00. The number of aliphatic hydroxyl groups excluding tert-OH is 1. The molecule has 0 aromatic carbocycles. The molecule has 110 valence electrons. The lowest BCUT2D eigenvalue weighted by Crippen LogP contribution is -2.43. The zero-order valence-electron chi connectivity index (χ0n) is 13.0. The molecule has 1 atom stereocenters. The predicted octanol–water partition coefficient (Wildman–Crippen LogP) is 4.12. The van der Waals surface area contributed by atoms with Crippen LogP contribution in [0.15, 0.2) is 0 Å². The highest BCUT2D eigenvalue weighted by atomic mass is 16.3. The summed E-state index contributed by atoms with van der Waals surface area (Å²) in [6, 6.07) is 0.862. The molecule has 0 bridgehead atoms. The molecule has 0 saturated carbocycles. The van der Waals surface area contributed by atoms with Gasteiger partial charge in [0.2, 0.25) is 0 Å². The van der Waals surface area contributed by atoms with Crippen molar-refractivity contribution >= 4 is 0 Å². The minimum absolute atomic E-state index is 0.260. The average molecular weight is 257 g/mol. The van der Waals surface area contributed by atoms with Gasteiger partial charge in [-0.25, -0.2) is 0 Å². The summed E-state index contributed by atoms with van der Waals surface area (Å²) in [5.41, 5.74) is 0. The van der Waals surface area contributed by atoms with Gasteiger partial charge >= 0.3 is 0 Å². The summed E-state index contributed by atoms with van der Waals surface area (Å²) in [5.74, 6) is 0.509. The summed E-state index contributed by atoms with van der Waals surface area (Å²) in [7, 11) is 0. The second-order valence-corrected chi connectivity index (χ2v) is 5.89. The van der Waals surface area contributed by atoms with Crippen molar-refractivity contribution in [1.82, 2.24) is 5.32 Å². The molecule has 2 heteroatoms. The number of hydrogen-bond acceptors (Lipinski definition) is 2. The number of nitrogens with one attached hydrogen (secondary N) is 1. The van der Waals surface area contributed by atoms with Crippen LogP contribution in [0.1, 0.15) is 79.1 Å². The van der Waals surface area contributed by atoms with Gasteiger partial charge in [-0.3, -0.25) is 0 Å². The molecule has 0 fully saturated rings. The maximum Gasteiger partial charge on any atom is 0.0587 e. The molecule has 0 heterocycles. The van der Waals surface area contributed by atoms with E-state index >= 15 is 0 Å². The molecule has 2 N–H and O–H groups in total. The fourth-order valence-electron chi connectivity index (χ4n) is 2.35. The van der Waals surface area contributed by atoms with Crippen molar-refractivity contribution in [3.63, 3.8) is 0 Å². The van der Waals surface area contributed by atoms with Gasteiger partial charge in [-0.1, -0.05) is 66.2 Å². The van der Waals surface area contributed by atoms with Gasteiger partial charge < -0.3 is 10.4 Å². The third-order valence-corrected chi connectivity index (χ3v) is 3.76. The Hall–Kier alpha value is -0.0800. The van der Waals surface area contributed by atoms with Crippen molar-refractivity contribution in [2.75, 3.05) is 6.61 Å². The molecule has 18 heavy (non-hydrogen) atoms. The van der Waals surface area contributed by atoms with Crippen molar-refractivity contribution in [3.8, 4) is 0 Å². The second-order valence-electron chi connectivity index (χ2n) is 5.89. The number of unbranched alkanes of at least 4 members (excludes halogenated alkanes) is 4. The summed E-state index contributed by atoms with van der Waals surface area (Å²) in [4.78, 5) is 0. The Bertz CT molecular complexity index is 160. The summed E-state index contributed by atoms with van der Waals surface area (Å²) in [6.45, 7) is 9.14. The van der Waals surface area contributed by atoms with Gasteiger partial charge in [-0.05, 0) is 18.8 Å². The Morgan fingerprint density at radius 3 is 1.72 bits per heavy atom. The summed E-state index contributed by atoms with van der Waals surface area (Å²) in [6.07, 6.45) is 10.4. The summed E-state index contributed by atoms with van der Waals surface area (Å²) < 4.78 is 0. The highest BCUT2D eigenvalue weighted by Gasteiger charge is 2.17. The van der Waals surface area contributed by atoms with E-state index in [-0.39, 0.29) is 12.6 Å². The molecular formula is C16H35NO.